The molecule has 0 aromatic carbocycles. The molecular formula is C15H19BrN6O. The molecule has 0 radical (unpaired) electrons. The Morgan fingerprint density at radius 3 is 2.43 bits per heavy atom. The van der Waals surface area contributed by atoms with Crippen LogP contribution in [0.2, 0.25) is 0 Å². The zero-order valence-electron chi connectivity index (χ0n) is 13.2. The van der Waals surface area contributed by atoms with Crippen molar-refractivity contribution in [1.82, 2.24) is 24.6 Å². The Balaban J connectivity index is 1.62. The van der Waals surface area contributed by atoms with Gasteiger partial charge in [0, 0.05) is 44.8 Å². The quantitative estimate of drug-likeness (QED) is 0.812. The maximum atomic E-state index is 12.7. The number of amides is 1. The molecule has 3 heterocycles. The van der Waals surface area contributed by atoms with Gasteiger partial charge in [0.15, 0.2) is 0 Å². The molecule has 122 valence electrons. The van der Waals surface area contributed by atoms with Gasteiger partial charge in [0.25, 0.3) is 0 Å². The lowest BCUT2D eigenvalue weighted by Gasteiger charge is -2.35. The third-order valence-electron chi connectivity index (χ3n) is 4.04. The molecule has 1 atom stereocenters. The van der Waals surface area contributed by atoms with E-state index in [1.165, 1.54) is 0 Å². The van der Waals surface area contributed by atoms with E-state index in [4.69, 9.17) is 0 Å². The van der Waals surface area contributed by atoms with Crippen molar-refractivity contribution in [3.8, 4) is 0 Å². The van der Waals surface area contributed by atoms with Crippen molar-refractivity contribution in [3.05, 3.63) is 34.8 Å². The first-order valence-electron chi connectivity index (χ1n) is 7.58. The van der Waals surface area contributed by atoms with E-state index >= 15 is 0 Å². The van der Waals surface area contributed by atoms with Crippen LogP contribution in [-0.2, 0) is 4.79 Å². The van der Waals surface area contributed by atoms with E-state index in [0.29, 0.717) is 13.1 Å². The zero-order valence-corrected chi connectivity index (χ0v) is 14.8. The number of anilines is 1. The smallest absolute Gasteiger partial charge is 0.247 e. The molecule has 2 aromatic rings. The summed E-state index contributed by atoms with van der Waals surface area (Å²) in [4.78, 5) is 25.2. The molecule has 1 aliphatic rings. The van der Waals surface area contributed by atoms with E-state index in [9.17, 15) is 4.79 Å². The number of carbonyl (C=O) groups excluding carboxylic acids is 1. The molecule has 0 aliphatic carbocycles. The van der Waals surface area contributed by atoms with Crippen molar-refractivity contribution in [3.63, 3.8) is 0 Å². The van der Waals surface area contributed by atoms with Crippen molar-refractivity contribution in [2.75, 3.05) is 31.1 Å². The molecule has 0 N–H and O–H groups in total. The molecule has 8 heteroatoms. The average molecular weight is 379 g/mol. The number of nitrogens with zero attached hydrogens (tertiary/aromatic N) is 6. The molecular weight excluding hydrogens is 360 g/mol. The minimum absolute atomic E-state index is 0.0913. The number of piperazine rings is 1. The van der Waals surface area contributed by atoms with E-state index < -0.39 is 0 Å². The first-order chi connectivity index (χ1) is 11.1. The fraction of sp³-hybridized carbons (Fsp3) is 0.467. The maximum absolute atomic E-state index is 12.7. The Morgan fingerprint density at radius 1 is 1.22 bits per heavy atom. The molecule has 1 amide bonds. The van der Waals surface area contributed by atoms with Crippen molar-refractivity contribution in [2.24, 2.45) is 0 Å². The minimum atomic E-state index is -0.306. The third-order valence-corrected chi connectivity index (χ3v) is 4.82. The van der Waals surface area contributed by atoms with Crippen LogP contribution in [0, 0.1) is 6.92 Å². The second-order valence-electron chi connectivity index (χ2n) is 5.58. The molecule has 23 heavy (non-hydrogen) atoms. The van der Waals surface area contributed by atoms with Gasteiger partial charge in [-0.15, -0.1) is 0 Å². The van der Waals surface area contributed by atoms with Gasteiger partial charge in [-0.05, 0) is 35.8 Å². The highest BCUT2D eigenvalue weighted by Gasteiger charge is 2.27. The highest BCUT2D eigenvalue weighted by Crippen LogP contribution is 2.19. The topological polar surface area (TPSA) is 67.2 Å². The molecule has 7 nitrogen and oxygen atoms in total. The number of carbonyl (C=O) groups is 1. The average Bonchev–Trinajstić information content (AvgIpc) is 2.93. The van der Waals surface area contributed by atoms with Crippen LogP contribution in [-0.4, -0.2) is 56.7 Å². The monoisotopic (exact) mass is 378 g/mol. The van der Waals surface area contributed by atoms with Gasteiger partial charge in [-0.1, -0.05) is 0 Å². The van der Waals surface area contributed by atoms with Gasteiger partial charge >= 0.3 is 0 Å². The Labute approximate surface area is 143 Å². The van der Waals surface area contributed by atoms with Crippen LogP contribution in [0.25, 0.3) is 0 Å². The van der Waals surface area contributed by atoms with Gasteiger partial charge < -0.3 is 9.80 Å². The summed E-state index contributed by atoms with van der Waals surface area (Å²) in [5.41, 5.74) is 0.885. The summed E-state index contributed by atoms with van der Waals surface area (Å²) in [6, 6.07) is 1.49. The second-order valence-corrected chi connectivity index (χ2v) is 6.43. The molecule has 3 rings (SSSR count). The van der Waals surface area contributed by atoms with Crippen LogP contribution in [0.3, 0.4) is 0 Å². The Morgan fingerprint density at radius 2 is 1.87 bits per heavy atom. The number of hydrogen-bond donors (Lipinski definition) is 0. The van der Waals surface area contributed by atoms with Gasteiger partial charge in [0.05, 0.1) is 10.2 Å². The first kappa shape index (κ1) is 15.9. The summed E-state index contributed by atoms with van der Waals surface area (Å²) in [6.45, 7) is 6.62. The fourth-order valence-corrected chi connectivity index (χ4v) is 2.91. The van der Waals surface area contributed by atoms with Crippen LogP contribution in [0.1, 0.15) is 18.7 Å². The maximum Gasteiger partial charge on any atom is 0.247 e. The number of aromatic nitrogens is 4. The summed E-state index contributed by atoms with van der Waals surface area (Å²) < 4.78 is 2.64. The molecule has 0 bridgehead atoms. The predicted octanol–water partition coefficient (Wildman–Crippen LogP) is 1.65. The molecule has 1 aliphatic heterocycles. The fourth-order valence-electron chi connectivity index (χ4n) is 2.62. The number of hydrogen-bond acceptors (Lipinski definition) is 5. The van der Waals surface area contributed by atoms with E-state index in [2.05, 4.69) is 35.9 Å². The Hall–Kier alpha value is -1.96. The highest BCUT2D eigenvalue weighted by molar-refractivity contribution is 9.10. The highest BCUT2D eigenvalue weighted by atomic mass is 79.9. The zero-order chi connectivity index (χ0) is 16.4. The van der Waals surface area contributed by atoms with Gasteiger partial charge in [0.2, 0.25) is 11.9 Å². The SMILES string of the molecule is Cc1nn([C@@H](C)C(=O)N2CCN(c3ncccn3)CC2)cc1Br. The minimum Gasteiger partial charge on any atom is -0.337 e. The van der Waals surface area contributed by atoms with Crippen molar-refractivity contribution >= 4 is 27.8 Å². The first-order valence-corrected chi connectivity index (χ1v) is 8.37. The molecule has 1 saturated heterocycles. The number of aryl methyl sites for hydroxylation is 1. The molecule has 0 saturated carbocycles. The number of halogens is 1. The standard InChI is InChI=1S/C15H19BrN6O/c1-11-13(16)10-22(19-11)12(2)14(23)20-6-8-21(9-7-20)15-17-4-3-5-18-15/h3-5,10,12H,6-9H2,1-2H3/t12-/m0/s1. The molecule has 1 fully saturated rings. The van der Waals surface area contributed by atoms with Crippen molar-refractivity contribution in [1.29, 1.82) is 0 Å². The normalized spacial score (nSPS) is 16.5. The van der Waals surface area contributed by atoms with E-state index in [1.54, 1.807) is 23.1 Å². The van der Waals surface area contributed by atoms with Gasteiger partial charge in [-0.3, -0.25) is 9.48 Å². The van der Waals surface area contributed by atoms with Crippen LogP contribution >= 0.6 is 15.9 Å². The summed E-state index contributed by atoms with van der Waals surface area (Å²) in [5.74, 6) is 0.813. The summed E-state index contributed by atoms with van der Waals surface area (Å²) in [7, 11) is 0. The second kappa shape index (κ2) is 6.66. The number of rotatable bonds is 3. The third kappa shape index (κ3) is 3.36. The van der Waals surface area contributed by atoms with Crippen molar-refractivity contribution < 1.29 is 4.79 Å². The van der Waals surface area contributed by atoms with Crippen molar-refractivity contribution in [2.45, 2.75) is 19.9 Å². The van der Waals surface area contributed by atoms with Crippen LogP contribution in [0.5, 0.6) is 0 Å². The van der Waals surface area contributed by atoms with Gasteiger partial charge in [0.1, 0.15) is 6.04 Å². The van der Waals surface area contributed by atoms with Gasteiger partial charge in [-0.2, -0.15) is 5.10 Å². The molecule has 2 aromatic heterocycles. The Kier molecular flexibility index (Phi) is 4.61. The lowest BCUT2D eigenvalue weighted by atomic mass is 10.2. The van der Waals surface area contributed by atoms with Crippen LogP contribution in [0.4, 0.5) is 5.95 Å². The summed E-state index contributed by atoms with van der Waals surface area (Å²) in [6.07, 6.45) is 5.33. The van der Waals surface area contributed by atoms with E-state index in [-0.39, 0.29) is 11.9 Å². The predicted molar refractivity (Wildman–Crippen MR) is 90.2 cm³/mol. The lowest BCUT2D eigenvalue weighted by Crippen LogP contribution is -2.50. The summed E-state index contributed by atoms with van der Waals surface area (Å²) in [5, 5.41) is 4.38. The molecule has 0 unspecified atom stereocenters. The van der Waals surface area contributed by atoms with Crippen LogP contribution in [0.15, 0.2) is 29.1 Å². The van der Waals surface area contributed by atoms with Gasteiger partial charge in [-0.25, -0.2) is 9.97 Å². The summed E-state index contributed by atoms with van der Waals surface area (Å²) >= 11 is 3.43. The van der Waals surface area contributed by atoms with E-state index in [1.807, 2.05) is 24.9 Å². The van der Waals surface area contributed by atoms with Crippen LogP contribution < -0.4 is 4.90 Å². The van der Waals surface area contributed by atoms with E-state index in [0.717, 1.165) is 29.2 Å². The Bertz CT molecular complexity index is 661. The largest absolute Gasteiger partial charge is 0.337 e. The lowest BCUT2D eigenvalue weighted by molar-refractivity contribution is -0.134. The molecule has 0 spiro atoms.